The molecular formula is C13H21NO3. The van der Waals surface area contributed by atoms with Crippen molar-refractivity contribution in [2.45, 2.75) is 25.8 Å². The Bertz CT molecular complexity index is 337. The summed E-state index contributed by atoms with van der Waals surface area (Å²) in [5.41, 5.74) is 0. The predicted molar refractivity (Wildman–Crippen MR) is 64.9 cm³/mol. The van der Waals surface area contributed by atoms with Crippen molar-refractivity contribution in [3.63, 3.8) is 0 Å². The van der Waals surface area contributed by atoms with E-state index in [4.69, 9.17) is 14.3 Å². The van der Waals surface area contributed by atoms with Gasteiger partial charge in [0.2, 0.25) is 0 Å². The Morgan fingerprint density at radius 1 is 1.47 bits per heavy atom. The number of aliphatic hydroxyl groups excluding tert-OH is 1. The zero-order valence-corrected chi connectivity index (χ0v) is 10.4. The molecule has 0 spiro atoms. The highest BCUT2D eigenvalue weighted by Gasteiger charge is 2.26. The molecule has 0 radical (unpaired) electrons. The highest BCUT2D eigenvalue weighted by atomic mass is 16.5. The summed E-state index contributed by atoms with van der Waals surface area (Å²) in [6.45, 7) is 5.58. The van der Waals surface area contributed by atoms with Gasteiger partial charge in [-0.3, -0.25) is 4.90 Å². The van der Waals surface area contributed by atoms with Crippen LogP contribution in [0.2, 0.25) is 0 Å². The molecule has 17 heavy (non-hydrogen) atoms. The van der Waals surface area contributed by atoms with Gasteiger partial charge in [0.15, 0.2) is 0 Å². The topological polar surface area (TPSA) is 45.8 Å². The fourth-order valence-electron chi connectivity index (χ4n) is 2.21. The van der Waals surface area contributed by atoms with E-state index in [1.807, 2.05) is 12.1 Å². The fourth-order valence-corrected chi connectivity index (χ4v) is 2.21. The van der Waals surface area contributed by atoms with E-state index >= 15 is 0 Å². The maximum Gasteiger partial charge on any atom is 0.123 e. The van der Waals surface area contributed by atoms with Crippen molar-refractivity contribution in [3.05, 3.63) is 23.7 Å². The lowest BCUT2D eigenvalue weighted by Crippen LogP contribution is -2.40. The lowest BCUT2D eigenvalue weighted by molar-refractivity contribution is -0.0183. The molecule has 96 valence electrons. The molecule has 1 saturated heterocycles. The standard InChI is InChI=1S/C13H21NO3/c1-2-11-4-5-13(17-11)12-10-16-9-7-14(12)6-3-8-15/h4-5,12,15H,2-3,6-10H2,1H3. The van der Waals surface area contributed by atoms with Crippen LogP contribution >= 0.6 is 0 Å². The Labute approximate surface area is 102 Å². The van der Waals surface area contributed by atoms with Gasteiger partial charge in [0.05, 0.1) is 19.3 Å². The van der Waals surface area contributed by atoms with Crippen molar-refractivity contribution in [2.24, 2.45) is 0 Å². The molecule has 0 amide bonds. The summed E-state index contributed by atoms with van der Waals surface area (Å²) >= 11 is 0. The molecule has 2 rings (SSSR count). The summed E-state index contributed by atoms with van der Waals surface area (Å²) in [6, 6.07) is 4.29. The number of hydrogen-bond donors (Lipinski definition) is 1. The van der Waals surface area contributed by atoms with Crippen LogP contribution in [0.5, 0.6) is 0 Å². The number of furan rings is 1. The fraction of sp³-hybridized carbons (Fsp3) is 0.692. The summed E-state index contributed by atoms with van der Waals surface area (Å²) in [6.07, 6.45) is 1.72. The molecule has 1 atom stereocenters. The van der Waals surface area contributed by atoms with E-state index in [9.17, 15) is 0 Å². The van der Waals surface area contributed by atoms with Crippen LogP contribution in [0.4, 0.5) is 0 Å². The van der Waals surface area contributed by atoms with Crippen molar-refractivity contribution < 1.29 is 14.3 Å². The van der Waals surface area contributed by atoms with Gasteiger partial charge in [-0.2, -0.15) is 0 Å². The molecule has 0 bridgehead atoms. The van der Waals surface area contributed by atoms with Crippen molar-refractivity contribution in [2.75, 3.05) is 32.9 Å². The van der Waals surface area contributed by atoms with Gasteiger partial charge in [-0.25, -0.2) is 0 Å². The number of morpholine rings is 1. The Morgan fingerprint density at radius 3 is 3.06 bits per heavy atom. The first kappa shape index (κ1) is 12.6. The summed E-state index contributed by atoms with van der Waals surface area (Å²) in [4.78, 5) is 2.33. The molecule has 1 unspecified atom stereocenters. The largest absolute Gasteiger partial charge is 0.464 e. The first-order valence-corrected chi connectivity index (χ1v) is 6.36. The van der Waals surface area contributed by atoms with Gasteiger partial charge < -0.3 is 14.3 Å². The number of ether oxygens (including phenoxy) is 1. The van der Waals surface area contributed by atoms with Gasteiger partial charge in [0.1, 0.15) is 11.5 Å². The summed E-state index contributed by atoms with van der Waals surface area (Å²) in [5, 5.41) is 8.91. The van der Waals surface area contributed by atoms with Crippen LogP contribution in [0.25, 0.3) is 0 Å². The minimum atomic E-state index is 0.204. The molecule has 1 aromatic heterocycles. The number of hydrogen-bond acceptors (Lipinski definition) is 4. The highest BCUT2D eigenvalue weighted by Crippen LogP contribution is 2.26. The van der Waals surface area contributed by atoms with Gasteiger partial charge in [0, 0.05) is 26.1 Å². The molecule has 1 aromatic rings. The van der Waals surface area contributed by atoms with Crippen molar-refractivity contribution in [1.82, 2.24) is 4.90 Å². The number of aryl methyl sites for hydroxylation is 1. The quantitative estimate of drug-likeness (QED) is 0.847. The Kier molecular flexibility index (Phi) is 4.59. The normalized spacial score (nSPS) is 21.9. The van der Waals surface area contributed by atoms with Crippen LogP contribution in [0.15, 0.2) is 16.5 Å². The van der Waals surface area contributed by atoms with Gasteiger partial charge in [0.25, 0.3) is 0 Å². The van der Waals surface area contributed by atoms with Crippen LogP contribution in [-0.2, 0) is 11.2 Å². The maximum atomic E-state index is 8.91. The van der Waals surface area contributed by atoms with Crippen molar-refractivity contribution >= 4 is 0 Å². The predicted octanol–water partition coefficient (Wildman–Crippen LogP) is 1.60. The lowest BCUT2D eigenvalue weighted by atomic mass is 10.1. The molecule has 1 aliphatic heterocycles. The maximum absolute atomic E-state index is 8.91. The summed E-state index contributed by atoms with van der Waals surface area (Å²) < 4.78 is 11.3. The smallest absolute Gasteiger partial charge is 0.123 e. The van der Waals surface area contributed by atoms with Gasteiger partial charge in [-0.15, -0.1) is 0 Å². The zero-order valence-electron chi connectivity index (χ0n) is 10.4. The monoisotopic (exact) mass is 239 g/mol. The Hall–Kier alpha value is -0.840. The average Bonchev–Trinajstić information content (AvgIpc) is 2.85. The second-order valence-electron chi connectivity index (χ2n) is 4.36. The SMILES string of the molecule is CCc1ccc(C2COCCN2CCCO)o1. The van der Waals surface area contributed by atoms with E-state index in [0.717, 1.165) is 44.1 Å². The van der Waals surface area contributed by atoms with E-state index in [1.54, 1.807) is 0 Å². The van der Waals surface area contributed by atoms with Crippen LogP contribution in [-0.4, -0.2) is 42.9 Å². The van der Waals surface area contributed by atoms with Gasteiger partial charge in [-0.1, -0.05) is 6.92 Å². The van der Waals surface area contributed by atoms with E-state index < -0.39 is 0 Å². The Morgan fingerprint density at radius 2 is 2.35 bits per heavy atom. The van der Waals surface area contributed by atoms with Crippen LogP contribution in [0, 0.1) is 0 Å². The second-order valence-corrected chi connectivity index (χ2v) is 4.36. The summed E-state index contributed by atoms with van der Waals surface area (Å²) in [7, 11) is 0. The van der Waals surface area contributed by atoms with E-state index in [-0.39, 0.29) is 12.6 Å². The third kappa shape index (κ3) is 3.09. The zero-order chi connectivity index (χ0) is 12.1. The molecule has 1 N–H and O–H groups in total. The molecule has 1 fully saturated rings. The number of aliphatic hydroxyl groups is 1. The first-order chi connectivity index (χ1) is 8.35. The van der Waals surface area contributed by atoms with Crippen molar-refractivity contribution in [1.29, 1.82) is 0 Å². The molecule has 0 saturated carbocycles. The lowest BCUT2D eigenvalue weighted by Gasteiger charge is -2.34. The van der Waals surface area contributed by atoms with Crippen LogP contribution < -0.4 is 0 Å². The molecule has 2 heterocycles. The molecular weight excluding hydrogens is 218 g/mol. The Balaban J connectivity index is 2.04. The minimum Gasteiger partial charge on any atom is -0.464 e. The van der Waals surface area contributed by atoms with E-state index in [2.05, 4.69) is 11.8 Å². The van der Waals surface area contributed by atoms with Crippen molar-refractivity contribution in [3.8, 4) is 0 Å². The van der Waals surface area contributed by atoms with Crippen LogP contribution in [0.1, 0.15) is 30.9 Å². The molecule has 4 nitrogen and oxygen atoms in total. The second kappa shape index (κ2) is 6.19. The third-order valence-electron chi connectivity index (χ3n) is 3.20. The first-order valence-electron chi connectivity index (χ1n) is 6.36. The third-order valence-corrected chi connectivity index (χ3v) is 3.20. The van der Waals surface area contributed by atoms with Gasteiger partial charge >= 0.3 is 0 Å². The number of nitrogens with zero attached hydrogens (tertiary/aromatic N) is 1. The summed E-state index contributed by atoms with van der Waals surface area (Å²) in [5.74, 6) is 2.01. The molecule has 0 aliphatic carbocycles. The molecule has 0 aromatic carbocycles. The van der Waals surface area contributed by atoms with Crippen LogP contribution in [0.3, 0.4) is 0 Å². The average molecular weight is 239 g/mol. The van der Waals surface area contributed by atoms with E-state index in [1.165, 1.54) is 0 Å². The molecule has 1 aliphatic rings. The van der Waals surface area contributed by atoms with Gasteiger partial charge in [-0.05, 0) is 18.6 Å². The number of rotatable bonds is 5. The molecule has 4 heteroatoms. The minimum absolute atomic E-state index is 0.204. The highest BCUT2D eigenvalue weighted by molar-refractivity contribution is 5.11. The van der Waals surface area contributed by atoms with E-state index in [0.29, 0.717) is 6.61 Å².